The van der Waals surface area contributed by atoms with Crippen molar-refractivity contribution in [2.24, 2.45) is 0 Å². The zero-order valence-corrected chi connectivity index (χ0v) is 16.8. The molecule has 30 heavy (non-hydrogen) atoms. The Bertz CT molecular complexity index is 1150. The van der Waals surface area contributed by atoms with Crippen molar-refractivity contribution in [1.29, 1.82) is 0 Å². The van der Waals surface area contributed by atoms with Gasteiger partial charge < -0.3 is 13.7 Å². The van der Waals surface area contributed by atoms with Gasteiger partial charge in [0, 0.05) is 17.7 Å². The first kappa shape index (κ1) is 20.2. The van der Waals surface area contributed by atoms with E-state index in [4.69, 9.17) is 8.83 Å². The highest BCUT2D eigenvalue weighted by atomic mass is 32.2. The summed E-state index contributed by atoms with van der Waals surface area (Å²) in [5.74, 6) is 0.905. The number of hydrogen-bond acceptors (Lipinski definition) is 5. The zero-order valence-electron chi connectivity index (χ0n) is 16.0. The van der Waals surface area contributed by atoms with E-state index in [1.54, 1.807) is 42.5 Å². The van der Waals surface area contributed by atoms with Gasteiger partial charge in [0.25, 0.3) is 0 Å². The number of sulfone groups is 1. The molecule has 2 aromatic heterocycles. The minimum Gasteiger partial charge on any atom is -0.465 e. The number of halogens is 1. The summed E-state index contributed by atoms with van der Waals surface area (Å²) < 4.78 is 48.1. The first-order valence-electron chi connectivity index (χ1n) is 9.47. The first-order chi connectivity index (χ1) is 14.4. The van der Waals surface area contributed by atoms with Crippen LogP contribution in [0.15, 0.2) is 69.7 Å². The fourth-order valence-electron chi connectivity index (χ4n) is 3.44. The second kappa shape index (κ2) is 8.31. The second-order valence-corrected chi connectivity index (χ2v) is 9.37. The standard InChI is InChI=1S/C22H20FNO5S/c23-17-5-3-16(4-6-17)21-9-7-20(29-21)14-24(18-11-13-30(26,27)15-18)22(25)10-8-19-2-1-12-28-19/h1-10,12,18H,11,13-15H2. The van der Waals surface area contributed by atoms with Crippen LogP contribution in [0.1, 0.15) is 17.9 Å². The van der Waals surface area contributed by atoms with Crippen molar-refractivity contribution in [3.05, 3.63) is 78.2 Å². The molecule has 1 amide bonds. The highest BCUT2D eigenvalue weighted by molar-refractivity contribution is 7.91. The predicted molar refractivity (Wildman–Crippen MR) is 109 cm³/mol. The first-order valence-corrected chi connectivity index (χ1v) is 11.3. The minimum atomic E-state index is -3.17. The maximum Gasteiger partial charge on any atom is 0.247 e. The Morgan fingerprint density at radius 1 is 1.17 bits per heavy atom. The number of hydrogen-bond donors (Lipinski definition) is 0. The SMILES string of the molecule is O=C(C=Cc1ccco1)N(Cc1ccc(-c2ccc(F)cc2)o1)C1CCS(=O)(=O)C1. The third-order valence-electron chi connectivity index (χ3n) is 4.98. The second-order valence-electron chi connectivity index (χ2n) is 7.14. The maximum atomic E-state index is 13.1. The van der Waals surface area contributed by atoms with Crippen molar-refractivity contribution in [3.8, 4) is 11.3 Å². The van der Waals surface area contributed by atoms with Gasteiger partial charge in [-0.3, -0.25) is 4.79 Å². The van der Waals surface area contributed by atoms with Crippen molar-refractivity contribution in [3.63, 3.8) is 0 Å². The van der Waals surface area contributed by atoms with E-state index in [1.807, 2.05) is 0 Å². The Kier molecular flexibility index (Phi) is 5.59. The monoisotopic (exact) mass is 429 g/mol. The van der Waals surface area contributed by atoms with E-state index in [0.29, 0.717) is 29.3 Å². The topological polar surface area (TPSA) is 80.7 Å². The summed E-state index contributed by atoms with van der Waals surface area (Å²) in [7, 11) is -3.17. The van der Waals surface area contributed by atoms with Gasteiger partial charge in [-0.1, -0.05) is 0 Å². The molecule has 6 nitrogen and oxygen atoms in total. The normalized spacial score (nSPS) is 18.1. The molecular formula is C22H20FNO5S. The molecule has 0 radical (unpaired) electrons. The van der Waals surface area contributed by atoms with E-state index < -0.39 is 15.9 Å². The number of amides is 1. The smallest absolute Gasteiger partial charge is 0.247 e. The summed E-state index contributed by atoms with van der Waals surface area (Å²) >= 11 is 0. The van der Waals surface area contributed by atoms with E-state index in [0.717, 1.165) is 0 Å². The third-order valence-corrected chi connectivity index (χ3v) is 6.73. The molecule has 1 aliphatic rings. The van der Waals surface area contributed by atoms with Gasteiger partial charge in [-0.2, -0.15) is 0 Å². The highest BCUT2D eigenvalue weighted by Gasteiger charge is 2.34. The molecule has 1 atom stereocenters. The molecule has 0 N–H and O–H groups in total. The fraction of sp³-hybridized carbons (Fsp3) is 0.227. The van der Waals surface area contributed by atoms with Gasteiger partial charge in [0.1, 0.15) is 23.1 Å². The Labute approximate surface area is 173 Å². The van der Waals surface area contributed by atoms with Crippen molar-refractivity contribution >= 4 is 21.8 Å². The van der Waals surface area contributed by atoms with Gasteiger partial charge in [0.15, 0.2) is 9.84 Å². The number of carbonyl (C=O) groups excluding carboxylic acids is 1. The summed E-state index contributed by atoms with van der Waals surface area (Å²) in [6.45, 7) is 0.128. The molecule has 1 fully saturated rings. The Hall–Kier alpha value is -3.13. The molecule has 1 aliphatic heterocycles. The maximum absolute atomic E-state index is 13.1. The summed E-state index contributed by atoms with van der Waals surface area (Å²) in [5, 5.41) is 0. The molecule has 1 saturated heterocycles. The molecular weight excluding hydrogens is 409 g/mol. The van der Waals surface area contributed by atoms with Crippen LogP contribution in [0.4, 0.5) is 4.39 Å². The van der Waals surface area contributed by atoms with E-state index in [9.17, 15) is 17.6 Å². The van der Waals surface area contributed by atoms with E-state index in [-0.39, 0.29) is 29.8 Å². The lowest BCUT2D eigenvalue weighted by Gasteiger charge is -2.26. The van der Waals surface area contributed by atoms with Crippen LogP contribution in [-0.4, -0.2) is 36.8 Å². The third kappa shape index (κ3) is 4.71. The van der Waals surface area contributed by atoms with Crippen LogP contribution in [0.3, 0.4) is 0 Å². The van der Waals surface area contributed by atoms with Crippen molar-refractivity contribution < 1.29 is 26.4 Å². The van der Waals surface area contributed by atoms with Gasteiger partial charge in [-0.25, -0.2) is 12.8 Å². The van der Waals surface area contributed by atoms with E-state index >= 15 is 0 Å². The largest absolute Gasteiger partial charge is 0.465 e. The molecule has 0 bridgehead atoms. The summed E-state index contributed by atoms with van der Waals surface area (Å²) in [5.41, 5.74) is 0.710. The lowest BCUT2D eigenvalue weighted by atomic mass is 10.2. The number of furan rings is 2. The number of carbonyl (C=O) groups is 1. The average Bonchev–Trinajstić information content (AvgIpc) is 3.46. The van der Waals surface area contributed by atoms with Gasteiger partial charge in [0.2, 0.25) is 5.91 Å². The molecule has 1 unspecified atom stereocenters. The molecule has 8 heteroatoms. The van der Waals surface area contributed by atoms with Crippen LogP contribution in [0.25, 0.3) is 17.4 Å². The summed E-state index contributed by atoms with van der Waals surface area (Å²) in [4.78, 5) is 14.4. The van der Waals surface area contributed by atoms with Crippen molar-refractivity contribution in [2.75, 3.05) is 11.5 Å². The van der Waals surface area contributed by atoms with Gasteiger partial charge in [0.05, 0.1) is 24.3 Å². The van der Waals surface area contributed by atoms with Gasteiger partial charge in [-0.05, 0) is 61.0 Å². The Morgan fingerprint density at radius 3 is 2.63 bits per heavy atom. The Balaban J connectivity index is 1.55. The molecule has 3 aromatic rings. The number of benzene rings is 1. The van der Waals surface area contributed by atoms with Crippen molar-refractivity contribution in [2.45, 2.75) is 19.0 Å². The molecule has 3 heterocycles. The number of rotatable bonds is 6. The lowest BCUT2D eigenvalue weighted by molar-refractivity contribution is -0.128. The molecule has 4 rings (SSSR count). The van der Waals surface area contributed by atoms with Crippen LogP contribution in [0.5, 0.6) is 0 Å². The van der Waals surface area contributed by atoms with Crippen molar-refractivity contribution in [1.82, 2.24) is 4.90 Å². The summed E-state index contributed by atoms with van der Waals surface area (Å²) in [6, 6.07) is 12.4. The van der Waals surface area contributed by atoms with Gasteiger partial charge >= 0.3 is 0 Å². The lowest BCUT2D eigenvalue weighted by Crippen LogP contribution is -2.39. The molecule has 156 valence electrons. The average molecular weight is 429 g/mol. The molecule has 0 spiro atoms. The highest BCUT2D eigenvalue weighted by Crippen LogP contribution is 2.26. The summed E-state index contributed by atoms with van der Waals surface area (Å²) in [6.07, 6.45) is 4.80. The van der Waals surface area contributed by atoms with E-state index in [2.05, 4.69) is 0 Å². The van der Waals surface area contributed by atoms with E-state index in [1.165, 1.54) is 29.4 Å². The minimum absolute atomic E-state index is 0.0579. The van der Waals surface area contributed by atoms with Crippen LogP contribution in [-0.2, 0) is 21.2 Å². The zero-order chi connectivity index (χ0) is 21.1. The van der Waals surface area contributed by atoms with Crippen LogP contribution in [0, 0.1) is 5.82 Å². The van der Waals surface area contributed by atoms with Crippen LogP contribution < -0.4 is 0 Å². The fourth-order valence-corrected chi connectivity index (χ4v) is 5.17. The predicted octanol–water partition coefficient (Wildman–Crippen LogP) is 3.91. The molecule has 1 aromatic carbocycles. The van der Waals surface area contributed by atoms with Crippen LogP contribution in [0.2, 0.25) is 0 Å². The molecule has 0 saturated carbocycles. The molecule has 0 aliphatic carbocycles. The van der Waals surface area contributed by atoms with Gasteiger partial charge in [-0.15, -0.1) is 0 Å². The van der Waals surface area contributed by atoms with Crippen LogP contribution >= 0.6 is 0 Å². The quantitative estimate of drug-likeness (QED) is 0.555. The Morgan fingerprint density at radius 2 is 1.97 bits per heavy atom. The number of nitrogens with zero attached hydrogens (tertiary/aromatic N) is 1.